The zero-order chi connectivity index (χ0) is 38.8. The maximum atomic E-state index is 9.78. The Morgan fingerprint density at radius 1 is 0.321 bits per heavy atom. The first kappa shape index (κ1) is 36.6. The largest absolute Gasteiger partial charge is 0.274 e. The lowest BCUT2D eigenvalue weighted by atomic mass is 9.92. The normalized spacial score (nSPS) is 11.4. The van der Waals surface area contributed by atoms with Gasteiger partial charge >= 0.3 is 0 Å². The fraction of sp³-hybridized carbons (Fsp3) is 0.0769. The van der Waals surface area contributed by atoms with Crippen molar-refractivity contribution in [1.29, 1.82) is 0 Å². The van der Waals surface area contributed by atoms with Crippen LogP contribution in [-0.2, 0) is 14.3 Å². The molecule has 0 fully saturated rings. The average Bonchev–Trinajstić information content (AvgIpc) is 3.24. The smallest absolute Gasteiger partial charge is 0.264 e. The van der Waals surface area contributed by atoms with Gasteiger partial charge in [-0.2, -0.15) is 8.42 Å². The molecule has 274 valence electrons. The molecule has 56 heavy (non-hydrogen) atoms. The molecule has 0 saturated carbocycles. The van der Waals surface area contributed by atoms with Crippen molar-refractivity contribution in [2.24, 2.45) is 0 Å². The minimum Gasteiger partial charge on any atom is -0.274 e. The average molecular weight is 747 g/mol. The van der Waals surface area contributed by atoms with Crippen LogP contribution >= 0.6 is 0 Å². The number of aryl methyl sites for hydroxylation is 2. The van der Waals surface area contributed by atoms with Crippen molar-refractivity contribution in [3.05, 3.63) is 193 Å². The first-order chi connectivity index (χ1) is 27.2. The van der Waals surface area contributed by atoms with Gasteiger partial charge in [0.25, 0.3) is 10.1 Å². The van der Waals surface area contributed by atoms with E-state index in [1.54, 1.807) is 0 Å². The van der Waals surface area contributed by atoms with Gasteiger partial charge in [0.2, 0.25) is 0 Å². The maximum absolute atomic E-state index is 9.78. The van der Waals surface area contributed by atoms with Crippen molar-refractivity contribution >= 4 is 74.8 Å². The maximum Gasteiger partial charge on any atom is 0.264 e. The van der Waals surface area contributed by atoms with E-state index in [0.717, 1.165) is 13.4 Å². The second-order valence-electron chi connectivity index (χ2n) is 14.3. The summed E-state index contributed by atoms with van der Waals surface area (Å²) in [6.45, 7) is 4.29. The van der Waals surface area contributed by atoms with Gasteiger partial charge < -0.3 is 0 Å². The quantitative estimate of drug-likeness (QED) is 0.134. The summed E-state index contributed by atoms with van der Waals surface area (Å²) in [4.78, 5) is 0. The van der Waals surface area contributed by atoms with E-state index in [0.29, 0.717) is 0 Å². The molecule has 0 saturated heterocycles. The third-order valence-electron chi connectivity index (χ3n) is 10.5. The number of rotatable bonds is 3. The van der Waals surface area contributed by atoms with Gasteiger partial charge in [-0.15, -0.1) is 0 Å². The van der Waals surface area contributed by atoms with Crippen molar-refractivity contribution < 1.29 is 12.6 Å². The molecule has 0 bridgehead atoms. The highest BCUT2D eigenvalue weighted by molar-refractivity contribution is 7.85. The molecule has 0 radical (unpaired) electrons. The van der Waals surface area contributed by atoms with E-state index in [1.807, 2.05) is 0 Å². The summed E-state index contributed by atoms with van der Waals surface area (Å²) in [7, 11) is -2.04. The summed E-state index contributed by atoms with van der Waals surface area (Å²) in [5.74, 6) is 0. The third-order valence-corrected chi connectivity index (χ3v) is 11.1. The standard InChI is InChI=1S/2C25H18.C2H6O3S/c2*1-17-7-6-8-18(15-17)19-13-14-24-22-11-3-2-9-20(22)21-10-4-5-12-23(21)25(24)16-19;1-5-6(2,3)4/h2*2-16H,1H3;1-2H3. The highest BCUT2D eigenvalue weighted by Crippen LogP contribution is 2.38. The van der Waals surface area contributed by atoms with E-state index in [9.17, 15) is 8.42 Å². The molecule has 10 aromatic carbocycles. The molecule has 10 rings (SSSR count). The van der Waals surface area contributed by atoms with E-state index in [-0.39, 0.29) is 0 Å². The van der Waals surface area contributed by atoms with E-state index < -0.39 is 10.1 Å². The fourth-order valence-electron chi connectivity index (χ4n) is 7.82. The molecule has 0 unspecified atom stereocenters. The monoisotopic (exact) mass is 746 g/mol. The van der Waals surface area contributed by atoms with Crippen LogP contribution in [0.4, 0.5) is 0 Å². The summed E-state index contributed by atoms with van der Waals surface area (Å²) < 4.78 is 23.5. The lowest BCUT2D eigenvalue weighted by molar-refractivity contribution is 0.403. The number of fused-ring (bicyclic) bond motifs is 12. The highest BCUT2D eigenvalue weighted by atomic mass is 32.2. The van der Waals surface area contributed by atoms with Crippen molar-refractivity contribution in [3.63, 3.8) is 0 Å². The van der Waals surface area contributed by atoms with Crippen LogP contribution in [0.3, 0.4) is 0 Å². The summed E-state index contributed by atoms with van der Waals surface area (Å²) in [6, 6.07) is 66.1. The Bertz CT molecular complexity index is 2910. The van der Waals surface area contributed by atoms with Crippen molar-refractivity contribution in [3.8, 4) is 22.3 Å². The summed E-state index contributed by atoms with van der Waals surface area (Å²) in [6.07, 6.45) is 0.993. The minimum absolute atomic E-state index is 0.993. The van der Waals surface area contributed by atoms with Crippen LogP contribution in [-0.4, -0.2) is 21.8 Å². The van der Waals surface area contributed by atoms with Crippen LogP contribution < -0.4 is 0 Å². The van der Waals surface area contributed by atoms with Crippen molar-refractivity contribution in [2.45, 2.75) is 13.8 Å². The molecule has 0 aliphatic heterocycles. The lowest BCUT2D eigenvalue weighted by Crippen LogP contribution is -1.95. The van der Waals surface area contributed by atoms with Crippen LogP contribution in [0.15, 0.2) is 182 Å². The molecule has 0 heterocycles. The predicted octanol–water partition coefficient (Wildman–Crippen LogP) is 13.8. The van der Waals surface area contributed by atoms with E-state index in [1.165, 1.54) is 98.0 Å². The molecular formula is C52H42O3S. The van der Waals surface area contributed by atoms with Gasteiger partial charge in [0, 0.05) is 0 Å². The summed E-state index contributed by atoms with van der Waals surface area (Å²) in [5, 5.41) is 15.9. The van der Waals surface area contributed by atoms with Gasteiger partial charge in [-0.25, -0.2) is 0 Å². The Morgan fingerprint density at radius 2 is 0.571 bits per heavy atom. The zero-order valence-electron chi connectivity index (χ0n) is 32.0. The topological polar surface area (TPSA) is 43.4 Å². The molecule has 4 heteroatoms. The van der Waals surface area contributed by atoms with Gasteiger partial charge in [0.15, 0.2) is 0 Å². The Labute approximate surface area is 328 Å². The summed E-state index contributed by atoms with van der Waals surface area (Å²) in [5.41, 5.74) is 7.69. The molecule has 0 aliphatic rings. The fourth-order valence-corrected chi connectivity index (χ4v) is 7.82. The second-order valence-corrected chi connectivity index (χ2v) is 16.1. The van der Waals surface area contributed by atoms with Crippen LogP contribution in [0.2, 0.25) is 0 Å². The molecule has 0 spiro atoms. The molecule has 0 aliphatic carbocycles. The molecule has 0 N–H and O–H groups in total. The Balaban J connectivity index is 0.000000138. The van der Waals surface area contributed by atoms with E-state index in [2.05, 4.69) is 200 Å². The predicted molar refractivity (Wildman–Crippen MR) is 240 cm³/mol. The van der Waals surface area contributed by atoms with Crippen LogP contribution in [0.1, 0.15) is 11.1 Å². The highest BCUT2D eigenvalue weighted by Gasteiger charge is 2.11. The molecule has 10 aromatic rings. The van der Waals surface area contributed by atoms with E-state index >= 15 is 0 Å². The zero-order valence-corrected chi connectivity index (χ0v) is 32.8. The molecule has 0 aromatic heterocycles. The lowest BCUT2D eigenvalue weighted by Gasteiger charge is -2.12. The number of hydrogen-bond donors (Lipinski definition) is 0. The molecule has 0 atom stereocenters. The first-order valence-electron chi connectivity index (χ1n) is 18.7. The first-order valence-corrected chi connectivity index (χ1v) is 20.6. The summed E-state index contributed by atoms with van der Waals surface area (Å²) >= 11 is 0. The second kappa shape index (κ2) is 15.4. The van der Waals surface area contributed by atoms with Gasteiger partial charge in [-0.05, 0) is 113 Å². The Kier molecular flexibility index (Phi) is 10.1. The number of benzene rings is 10. The van der Waals surface area contributed by atoms with Gasteiger partial charge in [-0.3, -0.25) is 4.18 Å². The van der Waals surface area contributed by atoms with Crippen LogP contribution in [0.5, 0.6) is 0 Å². The van der Waals surface area contributed by atoms with Gasteiger partial charge in [0.05, 0.1) is 13.4 Å². The molecule has 3 nitrogen and oxygen atoms in total. The molecular weight excluding hydrogens is 705 g/mol. The van der Waals surface area contributed by atoms with Gasteiger partial charge in [0.1, 0.15) is 0 Å². The van der Waals surface area contributed by atoms with Gasteiger partial charge in [-0.1, -0.05) is 181 Å². The molecule has 0 amide bonds. The minimum atomic E-state index is -3.16. The Hall–Kier alpha value is -6.33. The number of hydrogen-bond acceptors (Lipinski definition) is 3. The SMILES string of the molecule is COS(C)(=O)=O.Cc1cccc(-c2ccc3c4ccccc4c4ccccc4c3c2)c1.Cc1cccc(-c2ccc3c4ccccc4c4ccccc4c3c2)c1. The van der Waals surface area contributed by atoms with Crippen molar-refractivity contribution in [2.75, 3.05) is 13.4 Å². The van der Waals surface area contributed by atoms with E-state index in [4.69, 9.17) is 0 Å². The third kappa shape index (κ3) is 7.37. The van der Waals surface area contributed by atoms with Crippen LogP contribution in [0.25, 0.3) is 86.9 Å². The van der Waals surface area contributed by atoms with Crippen molar-refractivity contribution in [1.82, 2.24) is 0 Å². The van der Waals surface area contributed by atoms with Crippen LogP contribution in [0, 0.1) is 13.8 Å². The Morgan fingerprint density at radius 3 is 0.839 bits per heavy atom.